The number of ether oxygens (including phenoxy) is 2. The van der Waals surface area contributed by atoms with Crippen LogP contribution < -0.4 is 20.5 Å². The van der Waals surface area contributed by atoms with E-state index in [2.05, 4.69) is 15.3 Å². The molecule has 5 rings (SSSR count). The van der Waals surface area contributed by atoms with Crippen LogP contribution in [-0.2, 0) is 16.7 Å². The Hall–Kier alpha value is -4.33. The molecule has 0 radical (unpaired) electrons. The SMILES string of the molecule is COc1cc(C(=O)NC[C@@](O)(c2cc3c(c(-c4ccc(F)cc4)n2)OC[C@@]3(C)N)C(F)(F)F)cc2ccc(C(C)(C)O)nc12. The van der Waals surface area contributed by atoms with Crippen LogP contribution in [0.2, 0.25) is 0 Å². The quantitative estimate of drug-likeness (QED) is 0.225. The fourth-order valence-corrected chi connectivity index (χ4v) is 4.89. The van der Waals surface area contributed by atoms with Crippen molar-refractivity contribution in [1.82, 2.24) is 15.3 Å². The Kier molecular flexibility index (Phi) is 7.55. The second-order valence-electron chi connectivity index (χ2n) is 11.5. The fourth-order valence-electron chi connectivity index (χ4n) is 4.89. The molecule has 0 saturated carbocycles. The molecule has 2 aromatic heterocycles. The van der Waals surface area contributed by atoms with E-state index in [0.29, 0.717) is 16.6 Å². The van der Waals surface area contributed by atoms with Gasteiger partial charge in [-0.25, -0.2) is 14.4 Å². The van der Waals surface area contributed by atoms with Crippen LogP contribution in [0.15, 0.2) is 54.6 Å². The number of rotatable bonds is 7. The summed E-state index contributed by atoms with van der Waals surface area (Å²) in [6, 6.07) is 11.7. The summed E-state index contributed by atoms with van der Waals surface area (Å²) in [6.45, 7) is 3.28. The van der Waals surface area contributed by atoms with Crippen LogP contribution in [0.3, 0.4) is 0 Å². The number of alkyl halides is 3. The van der Waals surface area contributed by atoms with Crippen LogP contribution in [-0.4, -0.2) is 52.5 Å². The van der Waals surface area contributed by atoms with Gasteiger partial charge in [0, 0.05) is 22.1 Å². The minimum Gasteiger partial charge on any atom is -0.494 e. The van der Waals surface area contributed by atoms with Crippen LogP contribution in [0.4, 0.5) is 17.6 Å². The molecule has 0 spiro atoms. The van der Waals surface area contributed by atoms with E-state index in [1.807, 2.05) is 0 Å². The van der Waals surface area contributed by atoms with E-state index in [4.69, 9.17) is 15.2 Å². The Balaban J connectivity index is 1.53. The van der Waals surface area contributed by atoms with Gasteiger partial charge in [-0.1, -0.05) is 6.07 Å². The van der Waals surface area contributed by atoms with E-state index >= 15 is 0 Å². The maximum atomic E-state index is 14.6. The number of carbonyl (C=O) groups is 1. The summed E-state index contributed by atoms with van der Waals surface area (Å²) in [5.74, 6) is -1.24. The summed E-state index contributed by atoms with van der Waals surface area (Å²) in [4.78, 5) is 21.7. The average molecular weight is 615 g/mol. The molecule has 44 heavy (non-hydrogen) atoms. The highest BCUT2D eigenvalue weighted by Gasteiger charge is 2.57. The molecule has 0 bridgehead atoms. The molecule has 1 aliphatic heterocycles. The number of hydrogen-bond acceptors (Lipinski definition) is 8. The van der Waals surface area contributed by atoms with Gasteiger partial charge in [0.05, 0.1) is 30.6 Å². The van der Waals surface area contributed by atoms with E-state index in [1.54, 1.807) is 32.9 Å². The number of pyridine rings is 2. The van der Waals surface area contributed by atoms with E-state index in [0.717, 1.165) is 18.2 Å². The molecule has 0 unspecified atom stereocenters. The third kappa shape index (κ3) is 5.53. The summed E-state index contributed by atoms with van der Waals surface area (Å²) in [5.41, 5.74) is 0.282. The van der Waals surface area contributed by atoms with Gasteiger partial charge in [-0.15, -0.1) is 0 Å². The lowest BCUT2D eigenvalue weighted by molar-refractivity contribution is -0.265. The topological polar surface area (TPSA) is 140 Å². The lowest BCUT2D eigenvalue weighted by Gasteiger charge is -2.31. The Labute approximate surface area is 249 Å². The highest BCUT2D eigenvalue weighted by Crippen LogP contribution is 2.46. The maximum Gasteiger partial charge on any atom is 0.424 e. The van der Waals surface area contributed by atoms with Crippen LogP contribution in [0.5, 0.6) is 11.5 Å². The molecule has 9 nitrogen and oxygen atoms in total. The van der Waals surface area contributed by atoms with Gasteiger partial charge in [0.1, 0.15) is 35.0 Å². The molecule has 0 saturated heterocycles. The van der Waals surface area contributed by atoms with Crippen molar-refractivity contribution in [1.29, 1.82) is 0 Å². The van der Waals surface area contributed by atoms with Crippen molar-refractivity contribution in [2.45, 2.75) is 43.7 Å². The van der Waals surface area contributed by atoms with Gasteiger partial charge in [0.25, 0.3) is 5.91 Å². The minimum atomic E-state index is -5.30. The van der Waals surface area contributed by atoms with Crippen molar-refractivity contribution in [2.24, 2.45) is 5.73 Å². The molecular weight excluding hydrogens is 584 g/mol. The molecule has 2 atom stereocenters. The summed E-state index contributed by atoms with van der Waals surface area (Å²) in [5, 5.41) is 24.1. The summed E-state index contributed by atoms with van der Waals surface area (Å²) < 4.78 is 68.6. The van der Waals surface area contributed by atoms with Crippen molar-refractivity contribution in [3.8, 4) is 22.8 Å². The first-order valence-electron chi connectivity index (χ1n) is 13.5. The zero-order valence-electron chi connectivity index (χ0n) is 24.2. The first kappa shape index (κ1) is 31.1. The first-order chi connectivity index (χ1) is 20.4. The van der Waals surface area contributed by atoms with E-state index in [9.17, 15) is 32.6 Å². The van der Waals surface area contributed by atoms with Crippen LogP contribution >= 0.6 is 0 Å². The van der Waals surface area contributed by atoms with Crippen LogP contribution in [0.1, 0.15) is 48.1 Å². The standard InChI is InChI=1S/C31H30F4N4O5/c1-28(2,41)22-10-7-17-11-18(12-21(43-4)24(17)38-22)27(40)37-14-30(42,31(33,34)35)23-13-20-26(44-15-29(20,3)36)25(39-23)16-5-8-19(32)9-6-16/h5-13,41-42H,14-15,36H2,1-4H3,(H,37,40)/t29-,30-/m1/s1. The number of nitrogens with one attached hydrogen (secondary N) is 1. The molecule has 0 aliphatic carbocycles. The zero-order chi connectivity index (χ0) is 32.2. The highest BCUT2D eigenvalue weighted by molar-refractivity contribution is 6.00. The van der Waals surface area contributed by atoms with Gasteiger partial charge in [0.15, 0.2) is 5.75 Å². The molecule has 5 N–H and O–H groups in total. The second kappa shape index (κ2) is 10.7. The number of hydrogen-bond donors (Lipinski definition) is 4. The fraction of sp³-hybridized carbons (Fsp3) is 0.323. The number of benzene rings is 2. The van der Waals surface area contributed by atoms with E-state index in [1.165, 1.54) is 31.4 Å². The number of carbonyl (C=O) groups excluding carboxylic acids is 1. The monoisotopic (exact) mass is 614 g/mol. The molecule has 1 aliphatic rings. The third-order valence-electron chi connectivity index (χ3n) is 7.49. The maximum absolute atomic E-state index is 14.6. The number of nitrogens with two attached hydrogens (primary N) is 1. The summed E-state index contributed by atoms with van der Waals surface area (Å²) in [7, 11) is 1.34. The lowest BCUT2D eigenvalue weighted by atomic mass is 9.89. The normalized spacial score (nSPS) is 18.0. The number of aromatic nitrogens is 2. The van der Waals surface area contributed by atoms with Crippen LogP contribution in [0, 0.1) is 5.82 Å². The summed E-state index contributed by atoms with van der Waals surface area (Å²) in [6.07, 6.45) is -5.30. The molecule has 0 fully saturated rings. The molecule has 2 aromatic carbocycles. The minimum absolute atomic E-state index is 0.0615. The Morgan fingerprint density at radius 2 is 1.75 bits per heavy atom. The van der Waals surface area contributed by atoms with Gasteiger partial charge in [-0.3, -0.25) is 4.79 Å². The Bertz CT molecular complexity index is 1750. The van der Waals surface area contributed by atoms with Gasteiger partial charge in [-0.2, -0.15) is 13.2 Å². The molecule has 4 aromatic rings. The predicted molar refractivity (Wildman–Crippen MR) is 152 cm³/mol. The van der Waals surface area contributed by atoms with Crippen LogP contribution in [0.25, 0.3) is 22.2 Å². The predicted octanol–water partition coefficient (Wildman–Crippen LogP) is 4.42. The average Bonchev–Trinajstić information content (AvgIpc) is 3.27. The molecule has 232 valence electrons. The van der Waals surface area contributed by atoms with Gasteiger partial charge in [0.2, 0.25) is 5.60 Å². The largest absolute Gasteiger partial charge is 0.494 e. The van der Waals surface area contributed by atoms with Gasteiger partial charge in [-0.05, 0) is 69.3 Å². The molecule has 13 heteroatoms. The zero-order valence-corrected chi connectivity index (χ0v) is 24.2. The smallest absolute Gasteiger partial charge is 0.424 e. The van der Waals surface area contributed by atoms with Crippen molar-refractivity contribution in [2.75, 3.05) is 20.3 Å². The van der Waals surface area contributed by atoms with E-state index in [-0.39, 0.29) is 40.5 Å². The van der Waals surface area contributed by atoms with E-state index < -0.39 is 46.9 Å². The number of aliphatic hydroxyl groups is 2. The number of amides is 1. The third-order valence-corrected chi connectivity index (χ3v) is 7.49. The highest BCUT2D eigenvalue weighted by atomic mass is 19.4. The van der Waals surface area contributed by atoms with Crippen molar-refractivity contribution in [3.05, 3.63) is 82.9 Å². The van der Waals surface area contributed by atoms with Crippen molar-refractivity contribution >= 4 is 16.8 Å². The number of methoxy groups -OCH3 is 1. The lowest BCUT2D eigenvalue weighted by Crippen LogP contribution is -2.51. The second-order valence-corrected chi connectivity index (χ2v) is 11.5. The van der Waals surface area contributed by atoms with Crippen molar-refractivity contribution in [3.63, 3.8) is 0 Å². The molecule has 1 amide bonds. The van der Waals surface area contributed by atoms with Gasteiger partial charge < -0.3 is 30.7 Å². The number of halogens is 4. The molecule has 3 heterocycles. The van der Waals surface area contributed by atoms with Crippen molar-refractivity contribution < 1.29 is 42.0 Å². The van der Waals surface area contributed by atoms with Gasteiger partial charge >= 0.3 is 6.18 Å². The first-order valence-corrected chi connectivity index (χ1v) is 13.5. The molecular formula is C31H30F4N4O5. The number of fused-ring (bicyclic) bond motifs is 2. The Morgan fingerprint density at radius 1 is 1.07 bits per heavy atom. The Morgan fingerprint density at radius 3 is 2.36 bits per heavy atom. The number of nitrogens with zero attached hydrogens (tertiary/aromatic N) is 2. The summed E-state index contributed by atoms with van der Waals surface area (Å²) >= 11 is 0.